The summed E-state index contributed by atoms with van der Waals surface area (Å²) in [5.41, 5.74) is 2.91. The first kappa shape index (κ1) is 45.2. The lowest BCUT2D eigenvalue weighted by Crippen LogP contribution is -2.47. The monoisotopic (exact) mass is 880 g/mol. The SMILES string of the molecule is C=CCCCCC[C@H](Cc1ccccc1)C(=O)N1C[C@H](Oc2cc(-c3nc(C(C)C)cs3)nc3c(C)c(OC)ccc23)C[C@H]1C(=O)C[C@]1(C(=O)NS(=O)(=O)C2(C)CC2)C[C@H]1C=C. The quantitative estimate of drug-likeness (QED) is 0.0640. The van der Waals surface area contributed by atoms with Crippen LogP contribution in [0.2, 0.25) is 0 Å². The predicted molar refractivity (Wildman–Crippen MR) is 245 cm³/mol. The van der Waals surface area contributed by atoms with Gasteiger partial charge in [0.1, 0.15) is 28.3 Å². The van der Waals surface area contributed by atoms with Gasteiger partial charge in [-0.3, -0.25) is 19.1 Å². The summed E-state index contributed by atoms with van der Waals surface area (Å²) in [5.74, 6) is -0.423. The summed E-state index contributed by atoms with van der Waals surface area (Å²) in [6.45, 7) is 15.7. The Kier molecular flexibility index (Phi) is 13.4. The van der Waals surface area contributed by atoms with Gasteiger partial charge in [-0.1, -0.05) is 69.2 Å². The lowest BCUT2D eigenvalue weighted by atomic mass is 9.89. The van der Waals surface area contributed by atoms with Gasteiger partial charge in [-0.05, 0) is 88.3 Å². The summed E-state index contributed by atoms with van der Waals surface area (Å²) >= 11 is 1.51. The third-order valence-corrected chi connectivity index (χ3v) is 16.3. The number of methoxy groups -OCH3 is 1. The van der Waals surface area contributed by atoms with Crippen LogP contribution in [0.5, 0.6) is 11.5 Å². The Morgan fingerprint density at radius 2 is 1.81 bits per heavy atom. The molecule has 0 spiro atoms. The maximum atomic E-state index is 15.0. The van der Waals surface area contributed by atoms with Gasteiger partial charge < -0.3 is 14.4 Å². The van der Waals surface area contributed by atoms with Crippen LogP contribution in [-0.2, 0) is 30.8 Å². The van der Waals surface area contributed by atoms with Crippen molar-refractivity contribution in [2.75, 3.05) is 13.7 Å². The highest BCUT2D eigenvalue weighted by Crippen LogP contribution is 2.57. The maximum Gasteiger partial charge on any atom is 0.240 e. The van der Waals surface area contributed by atoms with Crippen LogP contribution < -0.4 is 14.2 Å². The normalized spacial score (nSPS) is 22.0. The number of sulfonamides is 1. The van der Waals surface area contributed by atoms with Crippen molar-refractivity contribution in [2.24, 2.45) is 17.3 Å². The van der Waals surface area contributed by atoms with Gasteiger partial charge >= 0.3 is 0 Å². The molecular weight excluding hydrogens is 821 g/mol. The van der Waals surface area contributed by atoms with Gasteiger partial charge in [0.25, 0.3) is 0 Å². The van der Waals surface area contributed by atoms with Crippen LogP contribution in [-0.4, -0.2) is 71.4 Å². The zero-order valence-electron chi connectivity index (χ0n) is 36.7. The van der Waals surface area contributed by atoms with Crippen molar-refractivity contribution in [3.63, 3.8) is 0 Å². The van der Waals surface area contributed by atoms with E-state index in [9.17, 15) is 18.0 Å². The van der Waals surface area contributed by atoms with Crippen molar-refractivity contribution in [2.45, 2.75) is 121 Å². The van der Waals surface area contributed by atoms with Crippen LogP contribution in [0.3, 0.4) is 0 Å². The van der Waals surface area contributed by atoms with E-state index in [1.54, 1.807) is 25.0 Å². The molecule has 3 fully saturated rings. The van der Waals surface area contributed by atoms with Gasteiger partial charge in [-0.25, -0.2) is 18.4 Å². The molecule has 0 unspecified atom stereocenters. The Balaban J connectivity index is 1.23. The van der Waals surface area contributed by atoms with Crippen molar-refractivity contribution >= 4 is 49.9 Å². The van der Waals surface area contributed by atoms with Crippen LogP contribution in [0.1, 0.15) is 108 Å². The Hall–Kier alpha value is -4.88. The number of hydrogen-bond donors (Lipinski definition) is 1. The van der Waals surface area contributed by atoms with Gasteiger partial charge in [-0.2, -0.15) is 0 Å². The fraction of sp³-hybridized carbons (Fsp3) is 0.490. The largest absolute Gasteiger partial charge is 0.496 e. The molecule has 0 bridgehead atoms. The van der Waals surface area contributed by atoms with Crippen molar-refractivity contribution < 1.29 is 32.3 Å². The number of nitrogens with zero attached hydrogens (tertiary/aromatic N) is 3. The van der Waals surface area contributed by atoms with Crippen LogP contribution >= 0.6 is 11.3 Å². The maximum absolute atomic E-state index is 15.0. The molecule has 13 heteroatoms. The van der Waals surface area contributed by atoms with Crippen molar-refractivity contribution in [3.8, 4) is 22.2 Å². The number of likely N-dealkylation sites (tertiary alicyclic amines) is 1. The third kappa shape index (κ3) is 9.39. The number of carbonyl (C=O) groups excluding carboxylic acids is 3. The van der Waals surface area contributed by atoms with Crippen LogP contribution in [0.15, 0.2) is 79.2 Å². The molecule has 4 aromatic rings. The van der Waals surface area contributed by atoms with Crippen LogP contribution in [0.25, 0.3) is 21.6 Å². The lowest BCUT2D eigenvalue weighted by molar-refractivity contribution is -0.142. The number of rotatable bonds is 21. The molecule has 7 rings (SSSR count). The summed E-state index contributed by atoms with van der Waals surface area (Å²) in [6, 6.07) is 14.7. The molecule has 3 heterocycles. The third-order valence-electron chi connectivity index (χ3n) is 13.2. The minimum Gasteiger partial charge on any atom is -0.496 e. The number of allylic oxidation sites excluding steroid dienone is 2. The highest BCUT2D eigenvalue weighted by atomic mass is 32.2. The second kappa shape index (κ2) is 18.5. The minimum atomic E-state index is -3.94. The second-order valence-corrected chi connectivity index (χ2v) is 21.1. The Morgan fingerprint density at radius 1 is 1.05 bits per heavy atom. The molecule has 2 saturated carbocycles. The van der Waals surface area contributed by atoms with E-state index in [0.717, 1.165) is 52.9 Å². The van der Waals surface area contributed by atoms with E-state index in [-0.39, 0.29) is 42.9 Å². The number of benzene rings is 2. The standard InChI is InChI=1S/C49H60N4O7S2/c1-8-10-11-12-16-19-34(24-33-17-14-13-15-18-33)46(55)53-29-36(25-40(53)41(54)28-49(27-35(49)9-2)47(56)52-62(57,58)48(6)22-23-48)60-43-26-38(45-51-39(30-61-45)31(3)4)50-44-32(5)42(59-7)21-20-37(43)44/h8-9,13-15,17-18,20-21,26,30-31,34-36,40H,1-2,10-12,16,19,22-25,27-29H2,3-7H3,(H,52,56)/t34-,35-,36-,40+,49-/m1/s1. The molecule has 1 saturated heterocycles. The summed E-state index contributed by atoms with van der Waals surface area (Å²) in [4.78, 5) is 55.4. The molecule has 5 atom stereocenters. The number of thiazole rings is 1. The number of Topliss-reactive ketones (excluding diaryl/α,β-unsaturated/α-hetero) is 1. The molecule has 11 nitrogen and oxygen atoms in total. The summed E-state index contributed by atoms with van der Waals surface area (Å²) in [6.07, 6.45) is 8.96. The van der Waals surface area contributed by atoms with E-state index in [1.165, 1.54) is 11.3 Å². The van der Waals surface area contributed by atoms with E-state index < -0.39 is 44.2 Å². The number of amides is 2. The number of fused-ring (bicyclic) bond motifs is 1. The molecule has 2 amide bonds. The molecule has 2 aromatic carbocycles. The number of aryl methyl sites for hydroxylation is 1. The molecule has 1 N–H and O–H groups in total. The summed E-state index contributed by atoms with van der Waals surface area (Å²) in [7, 11) is -2.32. The zero-order valence-corrected chi connectivity index (χ0v) is 38.3. The highest BCUT2D eigenvalue weighted by Gasteiger charge is 2.62. The number of pyridine rings is 1. The van der Waals surface area contributed by atoms with E-state index in [4.69, 9.17) is 19.4 Å². The second-order valence-electron chi connectivity index (χ2n) is 18.1. The smallest absolute Gasteiger partial charge is 0.240 e. The van der Waals surface area contributed by atoms with Gasteiger partial charge in [0.05, 0.1) is 41.1 Å². The molecule has 3 aliphatic rings. The number of ketones is 1. The number of nitrogens with one attached hydrogen (secondary N) is 1. The lowest BCUT2D eigenvalue weighted by Gasteiger charge is -2.29. The number of ether oxygens (including phenoxy) is 2. The van der Waals surface area contributed by atoms with Gasteiger partial charge in [0, 0.05) is 41.2 Å². The highest BCUT2D eigenvalue weighted by molar-refractivity contribution is 7.91. The first-order chi connectivity index (χ1) is 29.6. The van der Waals surface area contributed by atoms with Crippen LogP contribution in [0.4, 0.5) is 0 Å². The number of carbonyl (C=O) groups is 3. The average molecular weight is 881 g/mol. The number of hydrogen-bond acceptors (Lipinski definition) is 10. The van der Waals surface area contributed by atoms with Crippen molar-refractivity contribution in [1.29, 1.82) is 0 Å². The average Bonchev–Trinajstić information content (AvgIpc) is 4.04. The summed E-state index contributed by atoms with van der Waals surface area (Å²) in [5, 5.41) is 3.55. The van der Waals surface area contributed by atoms with Crippen LogP contribution in [0, 0.1) is 24.2 Å². The number of aromatic nitrogens is 2. The van der Waals surface area contributed by atoms with E-state index in [0.29, 0.717) is 54.8 Å². The van der Waals surface area contributed by atoms with E-state index in [2.05, 4.69) is 31.7 Å². The topological polar surface area (TPSA) is 145 Å². The molecule has 0 radical (unpaired) electrons. The Morgan fingerprint density at radius 3 is 2.45 bits per heavy atom. The first-order valence-corrected chi connectivity index (χ1v) is 24.3. The molecule has 62 heavy (non-hydrogen) atoms. The molecule has 330 valence electrons. The predicted octanol–water partition coefficient (Wildman–Crippen LogP) is 9.29. The van der Waals surface area contributed by atoms with Gasteiger partial charge in [0.15, 0.2) is 5.78 Å². The molecule has 2 aliphatic carbocycles. The summed E-state index contributed by atoms with van der Waals surface area (Å²) < 4.78 is 40.4. The van der Waals surface area contributed by atoms with Crippen molar-refractivity contribution in [1.82, 2.24) is 19.6 Å². The Bertz CT molecular complexity index is 2440. The first-order valence-electron chi connectivity index (χ1n) is 21.9. The minimum absolute atomic E-state index is 0.134. The fourth-order valence-corrected chi connectivity index (χ4v) is 11.1. The van der Waals surface area contributed by atoms with E-state index in [1.807, 2.05) is 66.9 Å². The molecule has 2 aromatic heterocycles. The van der Waals surface area contributed by atoms with Gasteiger partial charge in [0.2, 0.25) is 21.8 Å². The van der Waals surface area contributed by atoms with E-state index >= 15 is 4.79 Å². The van der Waals surface area contributed by atoms with Crippen molar-refractivity contribution in [3.05, 3.63) is 96.0 Å². The Labute approximate surface area is 370 Å². The fourth-order valence-electron chi connectivity index (χ4n) is 8.80. The zero-order chi connectivity index (χ0) is 44.4. The molecular formula is C49H60N4O7S2. The number of unbranched alkanes of at least 4 members (excludes halogenated alkanes) is 3. The molecule has 1 aliphatic heterocycles. The van der Waals surface area contributed by atoms with Gasteiger partial charge in [-0.15, -0.1) is 24.5 Å².